The molecule has 0 amide bonds. The lowest BCUT2D eigenvalue weighted by atomic mass is 10.4. The van der Waals surface area contributed by atoms with Crippen LogP contribution in [-0.2, 0) is 13.5 Å². The molecule has 1 N–H and O–H groups in total. The second kappa shape index (κ2) is 3.46. The van der Waals surface area contributed by atoms with Crippen molar-refractivity contribution < 1.29 is 0 Å². The highest BCUT2D eigenvalue weighted by Crippen LogP contribution is 2.18. The normalized spacial score (nSPS) is 16.5. The fourth-order valence-corrected chi connectivity index (χ4v) is 1.45. The van der Waals surface area contributed by atoms with Gasteiger partial charge in [0.1, 0.15) is 11.6 Å². The molecule has 0 spiro atoms. The van der Waals surface area contributed by atoms with Crippen LogP contribution in [0.5, 0.6) is 0 Å². The van der Waals surface area contributed by atoms with Crippen molar-refractivity contribution in [2.75, 3.05) is 6.54 Å². The van der Waals surface area contributed by atoms with Gasteiger partial charge in [0.25, 0.3) is 0 Å². The van der Waals surface area contributed by atoms with Gasteiger partial charge in [0.15, 0.2) is 0 Å². The quantitative estimate of drug-likeness (QED) is 0.730. The van der Waals surface area contributed by atoms with Crippen molar-refractivity contribution in [3.63, 3.8) is 0 Å². The van der Waals surface area contributed by atoms with Crippen molar-refractivity contribution in [3.8, 4) is 0 Å². The lowest BCUT2D eigenvalue weighted by Gasteiger charge is -2.01. The summed E-state index contributed by atoms with van der Waals surface area (Å²) in [6.45, 7) is 2.95. The molecule has 0 aliphatic heterocycles. The average molecular weight is 180 g/mol. The van der Waals surface area contributed by atoms with Gasteiger partial charge < -0.3 is 5.32 Å². The molecule has 1 aliphatic carbocycles. The summed E-state index contributed by atoms with van der Waals surface area (Å²) in [5, 5.41) is 7.66. The van der Waals surface area contributed by atoms with Crippen molar-refractivity contribution in [1.29, 1.82) is 0 Å². The Morgan fingerprint density at radius 3 is 2.85 bits per heavy atom. The summed E-state index contributed by atoms with van der Waals surface area (Å²) in [6, 6.07) is 0.786. The standard InChI is InChI=1S/C9H16N4/c1-7-11-9(13(2)12-7)5-6-10-8-3-4-8/h8,10H,3-6H2,1-2H3. The van der Waals surface area contributed by atoms with Crippen molar-refractivity contribution in [1.82, 2.24) is 20.1 Å². The molecule has 1 aliphatic rings. The molecule has 0 radical (unpaired) electrons. The minimum Gasteiger partial charge on any atom is -0.314 e. The SMILES string of the molecule is Cc1nc(CCNC2CC2)n(C)n1. The van der Waals surface area contributed by atoms with Gasteiger partial charge in [-0.15, -0.1) is 0 Å². The average Bonchev–Trinajstić information content (AvgIpc) is 2.81. The van der Waals surface area contributed by atoms with E-state index in [0.717, 1.165) is 30.7 Å². The maximum atomic E-state index is 4.34. The number of hydrogen-bond acceptors (Lipinski definition) is 3. The number of nitrogens with one attached hydrogen (secondary N) is 1. The molecule has 13 heavy (non-hydrogen) atoms. The van der Waals surface area contributed by atoms with Crippen LogP contribution in [0.4, 0.5) is 0 Å². The summed E-state index contributed by atoms with van der Waals surface area (Å²) in [4.78, 5) is 4.34. The first-order valence-corrected chi connectivity index (χ1v) is 4.85. The number of aryl methyl sites for hydroxylation is 2. The third-order valence-electron chi connectivity index (χ3n) is 2.32. The molecule has 1 aromatic rings. The lowest BCUT2D eigenvalue weighted by Crippen LogP contribution is -2.20. The zero-order valence-electron chi connectivity index (χ0n) is 8.25. The van der Waals surface area contributed by atoms with Gasteiger partial charge in [-0.05, 0) is 19.8 Å². The van der Waals surface area contributed by atoms with Crippen molar-refractivity contribution in [3.05, 3.63) is 11.6 Å². The van der Waals surface area contributed by atoms with E-state index >= 15 is 0 Å². The predicted molar refractivity (Wildman–Crippen MR) is 50.5 cm³/mol. The van der Waals surface area contributed by atoms with Crippen LogP contribution in [0.15, 0.2) is 0 Å². The second-order valence-corrected chi connectivity index (χ2v) is 3.68. The summed E-state index contributed by atoms with van der Waals surface area (Å²) in [5.41, 5.74) is 0. The van der Waals surface area contributed by atoms with Gasteiger partial charge >= 0.3 is 0 Å². The fraction of sp³-hybridized carbons (Fsp3) is 0.778. The monoisotopic (exact) mass is 180 g/mol. The molecule has 1 aromatic heterocycles. The summed E-state index contributed by atoms with van der Waals surface area (Å²) >= 11 is 0. The molecule has 0 atom stereocenters. The van der Waals surface area contributed by atoms with Crippen molar-refractivity contribution in [2.45, 2.75) is 32.2 Å². The number of aromatic nitrogens is 3. The molecule has 0 aromatic carbocycles. The van der Waals surface area contributed by atoms with Gasteiger partial charge in [-0.25, -0.2) is 4.98 Å². The molecule has 4 heteroatoms. The highest BCUT2D eigenvalue weighted by molar-refractivity contribution is 4.92. The van der Waals surface area contributed by atoms with Crippen LogP contribution in [0.3, 0.4) is 0 Å². The Labute approximate surface area is 78.4 Å². The van der Waals surface area contributed by atoms with Crippen LogP contribution in [0.2, 0.25) is 0 Å². The van der Waals surface area contributed by atoms with E-state index in [9.17, 15) is 0 Å². The van der Waals surface area contributed by atoms with E-state index in [1.54, 1.807) is 0 Å². The van der Waals surface area contributed by atoms with Gasteiger partial charge in [-0.1, -0.05) is 0 Å². The predicted octanol–water partition coefficient (Wildman–Crippen LogP) is 0.418. The van der Waals surface area contributed by atoms with Crippen LogP contribution in [0.25, 0.3) is 0 Å². The van der Waals surface area contributed by atoms with Crippen LogP contribution < -0.4 is 5.32 Å². The van der Waals surface area contributed by atoms with E-state index in [2.05, 4.69) is 15.4 Å². The zero-order valence-corrected chi connectivity index (χ0v) is 8.25. The summed E-state index contributed by atoms with van der Waals surface area (Å²) < 4.78 is 1.86. The summed E-state index contributed by atoms with van der Waals surface area (Å²) in [5.74, 6) is 1.94. The Hall–Kier alpha value is -0.900. The third kappa shape index (κ3) is 2.28. The van der Waals surface area contributed by atoms with Gasteiger partial charge in [0.2, 0.25) is 0 Å². The molecule has 72 valence electrons. The third-order valence-corrected chi connectivity index (χ3v) is 2.32. The van der Waals surface area contributed by atoms with E-state index in [4.69, 9.17) is 0 Å². The maximum Gasteiger partial charge on any atom is 0.147 e. The molecule has 1 fully saturated rings. The highest BCUT2D eigenvalue weighted by atomic mass is 15.3. The summed E-state index contributed by atoms with van der Waals surface area (Å²) in [7, 11) is 1.95. The zero-order chi connectivity index (χ0) is 9.26. The molecule has 4 nitrogen and oxygen atoms in total. The van der Waals surface area contributed by atoms with Gasteiger partial charge in [0.05, 0.1) is 0 Å². The van der Waals surface area contributed by atoms with Gasteiger partial charge in [-0.2, -0.15) is 5.10 Å². The Kier molecular flexibility index (Phi) is 2.31. The van der Waals surface area contributed by atoms with E-state index in [0.29, 0.717) is 0 Å². The van der Waals surface area contributed by atoms with E-state index in [-0.39, 0.29) is 0 Å². The first-order valence-electron chi connectivity index (χ1n) is 4.85. The van der Waals surface area contributed by atoms with Crippen LogP contribution in [-0.4, -0.2) is 27.4 Å². The van der Waals surface area contributed by atoms with Gasteiger partial charge in [0, 0.05) is 26.1 Å². The molecule has 1 saturated carbocycles. The second-order valence-electron chi connectivity index (χ2n) is 3.68. The Bertz CT molecular complexity index is 288. The fourth-order valence-electron chi connectivity index (χ4n) is 1.45. The molecule has 1 heterocycles. The molecule has 2 rings (SSSR count). The lowest BCUT2D eigenvalue weighted by molar-refractivity contribution is 0.631. The van der Waals surface area contributed by atoms with E-state index in [1.165, 1.54) is 12.8 Å². The molecular formula is C9H16N4. The molecular weight excluding hydrogens is 164 g/mol. The number of nitrogens with zero attached hydrogens (tertiary/aromatic N) is 3. The highest BCUT2D eigenvalue weighted by Gasteiger charge is 2.19. The van der Waals surface area contributed by atoms with E-state index in [1.807, 2.05) is 18.7 Å². The summed E-state index contributed by atoms with van der Waals surface area (Å²) in [6.07, 6.45) is 3.67. The Morgan fingerprint density at radius 1 is 1.54 bits per heavy atom. The van der Waals surface area contributed by atoms with Gasteiger partial charge in [-0.3, -0.25) is 4.68 Å². The maximum absolute atomic E-state index is 4.34. The van der Waals surface area contributed by atoms with Crippen molar-refractivity contribution in [2.24, 2.45) is 7.05 Å². The van der Waals surface area contributed by atoms with Crippen LogP contribution in [0, 0.1) is 6.92 Å². The number of hydrogen-bond donors (Lipinski definition) is 1. The molecule has 0 unspecified atom stereocenters. The largest absolute Gasteiger partial charge is 0.314 e. The Morgan fingerprint density at radius 2 is 2.31 bits per heavy atom. The topological polar surface area (TPSA) is 42.7 Å². The van der Waals surface area contributed by atoms with Crippen LogP contribution >= 0.6 is 0 Å². The minimum atomic E-state index is 0.786. The van der Waals surface area contributed by atoms with Crippen molar-refractivity contribution >= 4 is 0 Å². The molecule has 0 bridgehead atoms. The minimum absolute atomic E-state index is 0.786. The van der Waals surface area contributed by atoms with E-state index < -0.39 is 0 Å². The first-order chi connectivity index (χ1) is 6.25. The number of rotatable bonds is 4. The smallest absolute Gasteiger partial charge is 0.147 e. The first kappa shape index (κ1) is 8.69. The molecule has 0 saturated heterocycles. The Balaban J connectivity index is 1.81. The van der Waals surface area contributed by atoms with Crippen LogP contribution in [0.1, 0.15) is 24.5 Å².